The molecule has 2 aromatic carbocycles. The van der Waals surface area contributed by atoms with Gasteiger partial charge < -0.3 is 9.15 Å². The summed E-state index contributed by atoms with van der Waals surface area (Å²) in [6, 6.07) is 15.8. The summed E-state index contributed by atoms with van der Waals surface area (Å²) < 4.78 is 12.0. The Hall–Kier alpha value is -3.03. The lowest BCUT2D eigenvalue weighted by atomic mass is 10.1. The fourth-order valence-corrected chi connectivity index (χ4v) is 5.22. The number of benzene rings is 2. The van der Waals surface area contributed by atoms with Crippen molar-refractivity contribution in [1.29, 1.82) is 0 Å². The number of hydrogen-bond acceptors (Lipinski definition) is 7. The molecular formula is C24H23N3O3S. The zero-order valence-electron chi connectivity index (χ0n) is 17.5. The van der Waals surface area contributed by atoms with Gasteiger partial charge in [0.2, 0.25) is 5.89 Å². The highest BCUT2D eigenvalue weighted by Crippen LogP contribution is 2.37. The molecule has 6 nitrogen and oxygen atoms in total. The van der Waals surface area contributed by atoms with Crippen LogP contribution in [0.2, 0.25) is 0 Å². The van der Waals surface area contributed by atoms with E-state index in [1.807, 2.05) is 25.1 Å². The average Bonchev–Trinajstić information content (AvgIpc) is 3.52. The molecule has 1 saturated heterocycles. The van der Waals surface area contributed by atoms with Crippen molar-refractivity contribution in [2.75, 3.05) is 13.7 Å². The van der Waals surface area contributed by atoms with E-state index < -0.39 is 0 Å². The fourth-order valence-electron chi connectivity index (χ4n) is 4.08. The molecule has 0 radical (unpaired) electrons. The number of carbonyl (C=O) groups is 1. The zero-order chi connectivity index (χ0) is 21.4. The quantitative estimate of drug-likeness (QED) is 0.394. The first kappa shape index (κ1) is 19.9. The number of methoxy groups -OCH3 is 1. The van der Waals surface area contributed by atoms with Gasteiger partial charge in [0.1, 0.15) is 10.8 Å². The summed E-state index contributed by atoms with van der Waals surface area (Å²) in [5, 5.41) is 1.18. The van der Waals surface area contributed by atoms with Gasteiger partial charge >= 0.3 is 5.97 Å². The van der Waals surface area contributed by atoms with Crippen LogP contribution in [-0.4, -0.2) is 34.5 Å². The smallest absolute Gasteiger partial charge is 0.337 e. The number of hydrogen-bond donors (Lipinski definition) is 0. The number of rotatable bonds is 5. The van der Waals surface area contributed by atoms with Crippen LogP contribution in [0.25, 0.3) is 21.7 Å². The second kappa shape index (κ2) is 8.24. The van der Waals surface area contributed by atoms with E-state index in [-0.39, 0.29) is 5.97 Å². The van der Waals surface area contributed by atoms with Gasteiger partial charge in [0.15, 0.2) is 0 Å². The minimum absolute atomic E-state index is 0.316. The van der Waals surface area contributed by atoms with Gasteiger partial charge in [0, 0.05) is 12.1 Å². The molecule has 2 aromatic heterocycles. The molecule has 3 heterocycles. The topological polar surface area (TPSA) is 68.5 Å². The molecule has 31 heavy (non-hydrogen) atoms. The normalized spacial score (nSPS) is 16.8. The molecule has 1 aliphatic heterocycles. The Morgan fingerprint density at radius 3 is 2.77 bits per heavy atom. The van der Waals surface area contributed by atoms with Gasteiger partial charge in [-0.05, 0) is 62.7 Å². The second-order valence-electron chi connectivity index (χ2n) is 7.74. The lowest BCUT2D eigenvalue weighted by Gasteiger charge is -2.21. The Morgan fingerprint density at radius 1 is 1.19 bits per heavy atom. The SMILES string of the molecule is COC(=O)c1ccc(-c2nc(CN3CCCC3c3nc4ccccc4s3)c(C)o2)cc1. The van der Waals surface area contributed by atoms with Crippen molar-refractivity contribution in [3.05, 3.63) is 70.6 Å². The van der Waals surface area contributed by atoms with Crippen LogP contribution in [0.3, 0.4) is 0 Å². The molecule has 1 atom stereocenters. The van der Waals surface area contributed by atoms with Crippen LogP contribution in [-0.2, 0) is 11.3 Å². The first-order valence-corrected chi connectivity index (χ1v) is 11.2. The lowest BCUT2D eigenvalue weighted by molar-refractivity contribution is 0.0600. The van der Waals surface area contributed by atoms with Crippen molar-refractivity contribution in [1.82, 2.24) is 14.9 Å². The molecule has 0 N–H and O–H groups in total. The maximum absolute atomic E-state index is 11.6. The van der Waals surface area contributed by atoms with E-state index in [4.69, 9.17) is 19.1 Å². The first-order chi connectivity index (χ1) is 15.1. The fraction of sp³-hybridized carbons (Fsp3) is 0.292. The third-order valence-electron chi connectivity index (χ3n) is 5.76. The Balaban J connectivity index is 1.36. The third-order valence-corrected chi connectivity index (χ3v) is 6.90. The summed E-state index contributed by atoms with van der Waals surface area (Å²) in [5.41, 5.74) is 3.36. The molecule has 0 amide bonds. The van der Waals surface area contributed by atoms with E-state index in [2.05, 4.69) is 23.1 Å². The average molecular weight is 434 g/mol. The first-order valence-electron chi connectivity index (χ1n) is 10.4. The molecule has 0 spiro atoms. The molecule has 7 heteroatoms. The molecule has 1 fully saturated rings. The van der Waals surface area contributed by atoms with Gasteiger partial charge in [0.25, 0.3) is 0 Å². The molecular weight excluding hydrogens is 410 g/mol. The minimum atomic E-state index is -0.356. The van der Waals surface area contributed by atoms with Crippen molar-refractivity contribution < 1.29 is 13.9 Å². The number of likely N-dealkylation sites (tertiary alicyclic amines) is 1. The van der Waals surface area contributed by atoms with Crippen molar-refractivity contribution >= 4 is 27.5 Å². The predicted octanol–water partition coefficient (Wildman–Crippen LogP) is 5.38. The number of fused-ring (bicyclic) bond motifs is 1. The number of esters is 1. The summed E-state index contributed by atoms with van der Waals surface area (Å²) in [5.74, 6) is 1.03. The molecule has 0 saturated carbocycles. The van der Waals surface area contributed by atoms with Crippen molar-refractivity contribution in [2.45, 2.75) is 32.4 Å². The molecule has 0 aliphatic carbocycles. The highest BCUT2D eigenvalue weighted by molar-refractivity contribution is 7.18. The van der Waals surface area contributed by atoms with Crippen molar-refractivity contribution in [3.63, 3.8) is 0 Å². The summed E-state index contributed by atoms with van der Waals surface area (Å²) in [6.45, 7) is 3.71. The predicted molar refractivity (Wildman–Crippen MR) is 120 cm³/mol. The highest BCUT2D eigenvalue weighted by Gasteiger charge is 2.30. The molecule has 5 rings (SSSR count). The summed E-state index contributed by atoms with van der Waals surface area (Å²) in [7, 11) is 1.37. The highest BCUT2D eigenvalue weighted by atomic mass is 32.1. The summed E-state index contributed by atoms with van der Waals surface area (Å²) in [6.07, 6.45) is 2.26. The van der Waals surface area contributed by atoms with Gasteiger partial charge in [-0.2, -0.15) is 0 Å². The Bertz CT molecular complexity index is 1200. The van der Waals surface area contributed by atoms with E-state index >= 15 is 0 Å². The van der Waals surface area contributed by atoms with Gasteiger partial charge in [-0.3, -0.25) is 4.90 Å². The van der Waals surface area contributed by atoms with Crippen LogP contribution in [0, 0.1) is 6.92 Å². The van der Waals surface area contributed by atoms with Gasteiger partial charge in [-0.15, -0.1) is 11.3 Å². The van der Waals surface area contributed by atoms with Gasteiger partial charge in [-0.1, -0.05) is 12.1 Å². The minimum Gasteiger partial charge on any atom is -0.465 e. The second-order valence-corrected chi connectivity index (χ2v) is 8.80. The van der Waals surface area contributed by atoms with Crippen LogP contribution in [0.15, 0.2) is 52.9 Å². The number of aryl methyl sites for hydroxylation is 1. The van der Waals surface area contributed by atoms with Crippen molar-refractivity contribution in [3.8, 4) is 11.5 Å². The molecule has 0 bridgehead atoms. The lowest BCUT2D eigenvalue weighted by Crippen LogP contribution is -2.23. The molecule has 1 aliphatic rings. The number of para-hydroxylation sites is 1. The number of ether oxygens (including phenoxy) is 1. The van der Waals surface area contributed by atoms with Crippen LogP contribution in [0.4, 0.5) is 0 Å². The van der Waals surface area contributed by atoms with E-state index in [1.54, 1.807) is 23.5 Å². The van der Waals surface area contributed by atoms with Crippen LogP contribution < -0.4 is 0 Å². The van der Waals surface area contributed by atoms with Crippen LogP contribution in [0.5, 0.6) is 0 Å². The van der Waals surface area contributed by atoms with E-state index in [0.29, 0.717) is 17.5 Å². The molecule has 158 valence electrons. The van der Waals surface area contributed by atoms with Crippen LogP contribution >= 0.6 is 11.3 Å². The van der Waals surface area contributed by atoms with E-state index in [1.165, 1.54) is 16.8 Å². The maximum Gasteiger partial charge on any atom is 0.337 e. The van der Waals surface area contributed by atoms with Crippen molar-refractivity contribution in [2.24, 2.45) is 0 Å². The number of nitrogens with zero attached hydrogens (tertiary/aromatic N) is 3. The maximum atomic E-state index is 11.6. The van der Waals surface area contributed by atoms with Gasteiger partial charge in [-0.25, -0.2) is 14.8 Å². The van der Waals surface area contributed by atoms with E-state index in [9.17, 15) is 4.79 Å². The monoisotopic (exact) mass is 433 g/mol. The number of oxazole rings is 1. The standard InChI is InChI=1S/C24H23N3O3S/c1-15-19(25-22(30-15)16-9-11-17(12-10-16)24(28)29-2)14-27-13-5-7-20(27)23-26-18-6-3-4-8-21(18)31-23/h3-4,6,8-12,20H,5,7,13-14H2,1-2H3. The summed E-state index contributed by atoms with van der Waals surface area (Å²) in [4.78, 5) is 23.8. The number of carbonyl (C=O) groups excluding carboxylic acids is 1. The Labute approximate surface area is 184 Å². The molecule has 4 aromatic rings. The van der Waals surface area contributed by atoms with Crippen LogP contribution in [0.1, 0.15) is 45.7 Å². The third kappa shape index (κ3) is 3.86. The van der Waals surface area contributed by atoms with Gasteiger partial charge in [0.05, 0.1) is 34.6 Å². The Kier molecular flexibility index (Phi) is 5.29. The number of thiazole rings is 1. The largest absolute Gasteiger partial charge is 0.465 e. The molecule has 1 unspecified atom stereocenters. The summed E-state index contributed by atoms with van der Waals surface area (Å²) >= 11 is 1.79. The zero-order valence-corrected chi connectivity index (χ0v) is 18.3. The Morgan fingerprint density at radius 2 is 2.00 bits per heavy atom. The number of aromatic nitrogens is 2. The van der Waals surface area contributed by atoms with E-state index in [0.717, 1.165) is 48.5 Å².